The quantitative estimate of drug-likeness (QED) is 0.774. The van der Waals surface area contributed by atoms with Gasteiger partial charge in [0, 0.05) is 29.1 Å². The van der Waals surface area contributed by atoms with E-state index in [4.69, 9.17) is 0 Å². The molecule has 0 aliphatic carbocycles. The van der Waals surface area contributed by atoms with E-state index in [1.54, 1.807) is 16.5 Å². The van der Waals surface area contributed by atoms with E-state index >= 15 is 0 Å². The van der Waals surface area contributed by atoms with Gasteiger partial charge in [0.2, 0.25) is 0 Å². The SMILES string of the molecule is CC1CCN(C(=O)C(=O)Nc2nc(-c3ccc(Br)cn3)cs2)CC1. The molecule has 0 radical (unpaired) electrons. The lowest BCUT2D eigenvalue weighted by molar-refractivity contribution is -0.144. The number of likely N-dealkylation sites (tertiary alicyclic amines) is 1. The molecule has 6 nitrogen and oxygen atoms in total. The van der Waals surface area contributed by atoms with Gasteiger partial charge in [-0.25, -0.2) is 4.98 Å². The van der Waals surface area contributed by atoms with E-state index in [2.05, 4.69) is 38.1 Å². The lowest BCUT2D eigenvalue weighted by atomic mass is 9.99. The number of carbonyl (C=O) groups excluding carboxylic acids is 2. The van der Waals surface area contributed by atoms with Crippen molar-refractivity contribution in [1.82, 2.24) is 14.9 Å². The van der Waals surface area contributed by atoms with Crippen molar-refractivity contribution in [3.05, 3.63) is 28.2 Å². The molecule has 1 N–H and O–H groups in total. The lowest BCUT2D eigenvalue weighted by Gasteiger charge is -2.29. The third kappa shape index (κ3) is 3.99. The Labute approximate surface area is 152 Å². The molecule has 1 saturated heterocycles. The summed E-state index contributed by atoms with van der Waals surface area (Å²) >= 11 is 4.61. The number of amides is 2. The fraction of sp³-hybridized carbons (Fsp3) is 0.375. The summed E-state index contributed by atoms with van der Waals surface area (Å²) in [5, 5.41) is 4.80. The summed E-state index contributed by atoms with van der Waals surface area (Å²) in [5.41, 5.74) is 1.38. The van der Waals surface area contributed by atoms with E-state index in [0.29, 0.717) is 35.5 Å². The highest BCUT2D eigenvalue weighted by Crippen LogP contribution is 2.24. The fourth-order valence-corrected chi connectivity index (χ4v) is 3.42. The number of hydrogen-bond donors (Lipinski definition) is 1. The lowest BCUT2D eigenvalue weighted by Crippen LogP contribution is -2.43. The molecular weight excluding hydrogens is 392 g/mol. The van der Waals surface area contributed by atoms with E-state index in [-0.39, 0.29) is 0 Å². The standard InChI is InChI=1S/C16H17BrN4O2S/c1-10-4-6-21(7-5-10)15(23)14(22)20-16-19-13(9-24-16)12-3-2-11(17)8-18-12/h2-3,8-10H,4-7H2,1H3,(H,19,20,22). The smallest absolute Gasteiger partial charge is 0.315 e. The van der Waals surface area contributed by atoms with Crippen molar-refractivity contribution < 1.29 is 9.59 Å². The van der Waals surface area contributed by atoms with Crippen molar-refractivity contribution in [1.29, 1.82) is 0 Å². The van der Waals surface area contributed by atoms with E-state index < -0.39 is 11.8 Å². The Morgan fingerprint density at radius 1 is 1.29 bits per heavy atom. The number of pyridine rings is 1. The minimum Gasteiger partial charge on any atom is -0.334 e. The highest BCUT2D eigenvalue weighted by Gasteiger charge is 2.26. The number of nitrogens with zero attached hydrogens (tertiary/aromatic N) is 3. The van der Waals surface area contributed by atoms with Gasteiger partial charge >= 0.3 is 11.8 Å². The highest BCUT2D eigenvalue weighted by atomic mass is 79.9. The fourth-order valence-electron chi connectivity index (χ4n) is 2.48. The number of halogens is 1. The van der Waals surface area contributed by atoms with Gasteiger partial charge in [0.05, 0.1) is 5.69 Å². The van der Waals surface area contributed by atoms with Crippen LogP contribution in [0.2, 0.25) is 0 Å². The Hall–Kier alpha value is -1.80. The van der Waals surface area contributed by atoms with Gasteiger partial charge in [-0.1, -0.05) is 6.92 Å². The van der Waals surface area contributed by atoms with E-state index in [0.717, 1.165) is 17.3 Å². The van der Waals surface area contributed by atoms with Crippen LogP contribution in [-0.4, -0.2) is 39.8 Å². The Kier molecular flexibility index (Phi) is 5.25. The predicted molar refractivity (Wildman–Crippen MR) is 96.7 cm³/mol. The van der Waals surface area contributed by atoms with Crippen molar-refractivity contribution in [2.45, 2.75) is 19.8 Å². The maximum atomic E-state index is 12.2. The molecule has 0 atom stereocenters. The van der Waals surface area contributed by atoms with Gasteiger partial charge < -0.3 is 4.90 Å². The first kappa shape index (κ1) is 17.0. The Bertz CT molecular complexity index is 739. The van der Waals surface area contributed by atoms with E-state index in [9.17, 15) is 9.59 Å². The molecule has 2 aromatic heterocycles. The average molecular weight is 409 g/mol. The Morgan fingerprint density at radius 2 is 2.04 bits per heavy atom. The second kappa shape index (κ2) is 7.40. The Balaban J connectivity index is 1.62. The topological polar surface area (TPSA) is 75.2 Å². The first-order valence-electron chi connectivity index (χ1n) is 7.70. The van der Waals surface area contributed by atoms with Gasteiger partial charge in [-0.2, -0.15) is 0 Å². The summed E-state index contributed by atoms with van der Waals surface area (Å²) in [5.74, 6) is -0.508. The summed E-state index contributed by atoms with van der Waals surface area (Å²) in [6.07, 6.45) is 3.57. The molecule has 3 rings (SSSR count). The third-order valence-electron chi connectivity index (χ3n) is 3.98. The number of nitrogens with one attached hydrogen (secondary N) is 1. The largest absolute Gasteiger partial charge is 0.334 e. The van der Waals surface area contributed by atoms with Crippen molar-refractivity contribution >= 4 is 44.2 Å². The van der Waals surface area contributed by atoms with Crippen LogP contribution in [0.15, 0.2) is 28.2 Å². The van der Waals surface area contributed by atoms with Crippen LogP contribution in [0.3, 0.4) is 0 Å². The monoisotopic (exact) mass is 408 g/mol. The van der Waals surface area contributed by atoms with Crippen LogP contribution in [0.25, 0.3) is 11.4 Å². The average Bonchev–Trinajstić information content (AvgIpc) is 3.04. The van der Waals surface area contributed by atoms with Crippen molar-refractivity contribution in [2.75, 3.05) is 18.4 Å². The van der Waals surface area contributed by atoms with Crippen molar-refractivity contribution in [3.8, 4) is 11.4 Å². The Morgan fingerprint density at radius 3 is 2.71 bits per heavy atom. The molecule has 126 valence electrons. The zero-order chi connectivity index (χ0) is 17.1. The minimum atomic E-state index is -0.630. The summed E-state index contributed by atoms with van der Waals surface area (Å²) < 4.78 is 0.886. The van der Waals surface area contributed by atoms with Gasteiger partial charge in [0.1, 0.15) is 5.69 Å². The summed E-state index contributed by atoms with van der Waals surface area (Å²) in [7, 11) is 0. The summed E-state index contributed by atoms with van der Waals surface area (Å²) in [6, 6.07) is 3.71. The normalized spacial score (nSPS) is 15.3. The van der Waals surface area contributed by atoms with Gasteiger partial charge in [0.15, 0.2) is 5.13 Å². The molecule has 0 spiro atoms. The maximum Gasteiger partial charge on any atom is 0.315 e. The number of carbonyl (C=O) groups is 2. The molecule has 0 unspecified atom stereocenters. The first-order valence-corrected chi connectivity index (χ1v) is 9.38. The highest BCUT2D eigenvalue weighted by molar-refractivity contribution is 9.10. The second-order valence-electron chi connectivity index (χ2n) is 5.83. The first-order chi connectivity index (χ1) is 11.5. The maximum absolute atomic E-state index is 12.2. The van der Waals surface area contributed by atoms with Crippen LogP contribution in [0.1, 0.15) is 19.8 Å². The van der Waals surface area contributed by atoms with Crippen LogP contribution in [-0.2, 0) is 9.59 Å². The molecule has 8 heteroatoms. The molecule has 1 aliphatic heterocycles. The van der Waals surface area contributed by atoms with Gasteiger partial charge in [-0.05, 0) is 46.8 Å². The van der Waals surface area contributed by atoms with Crippen molar-refractivity contribution in [2.24, 2.45) is 5.92 Å². The molecule has 1 aliphatic rings. The van der Waals surface area contributed by atoms with Crippen LogP contribution in [0, 0.1) is 5.92 Å². The van der Waals surface area contributed by atoms with Crippen LogP contribution in [0.5, 0.6) is 0 Å². The molecule has 2 aromatic rings. The van der Waals surface area contributed by atoms with E-state index in [1.807, 2.05) is 12.1 Å². The molecule has 1 fully saturated rings. The minimum absolute atomic E-state index is 0.401. The number of rotatable bonds is 2. The van der Waals surface area contributed by atoms with Crippen LogP contribution in [0.4, 0.5) is 5.13 Å². The number of anilines is 1. The van der Waals surface area contributed by atoms with Crippen molar-refractivity contribution in [3.63, 3.8) is 0 Å². The third-order valence-corrected chi connectivity index (χ3v) is 5.21. The number of hydrogen-bond acceptors (Lipinski definition) is 5. The van der Waals surface area contributed by atoms with Crippen LogP contribution >= 0.6 is 27.3 Å². The van der Waals surface area contributed by atoms with Gasteiger partial charge in [-0.3, -0.25) is 19.9 Å². The predicted octanol–water partition coefficient (Wildman–Crippen LogP) is 3.16. The molecular formula is C16H17BrN4O2S. The molecule has 3 heterocycles. The van der Waals surface area contributed by atoms with Gasteiger partial charge in [-0.15, -0.1) is 11.3 Å². The molecule has 2 amide bonds. The van der Waals surface area contributed by atoms with E-state index in [1.165, 1.54) is 11.3 Å². The molecule has 0 aromatic carbocycles. The van der Waals surface area contributed by atoms with Crippen LogP contribution < -0.4 is 5.32 Å². The van der Waals surface area contributed by atoms with Gasteiger partial charge in [0.25, 0.3) is 0 Å². The number of thiazole rings is 1. The zero-order valence-electron chi connectivity index (χ0n) is 13.2. The number of aromatic nitrogens is 2. The molecule has 0 bridgehead atoms. The number of piperidine rings is 1. The molecule has 0 saturated carbocycles. The summed E-state index contributed by atoms with van der Waals surface area (Å²) in [6.45, 7) is 3.44. The zero-order valence-corrected chi connectivity index (χ0v) is 15.6. The molecule has 24 heavy (non-hydrogen) atoms. The summed E-state index contributed by atoms with van der Waals surface area (Å²) in [4.78, 5) is 34.5. The second-order valence-corrected chi connectivity index (χ2v) is 7.60.